The molecule has 0 saturated carbocycles. The molecule has 4 aromatic rings. The van der Waals surface area contributed by atoms with Gasteiger partial charge in [-0.3, -0.25) is 10.1 Å². The van der Waals surface area contributed by atoms with Gasteiger partial charge in [0.2, 0.25) is 0 Å². The van der Waals surface area contributed by atoms with Crippen molar-refractivity contribution in [2.24, 2.45) is 5.10 Å². The normalized spacial score (nSPS) is 11.1. The van der Waals surface area contributed by atoms with Gasteiger partial charge in [0.1, 0.15) is 10.9 Å². The van der Waals surface area contributed by atoms with Crippen LogP contribution in [-0.2, 0) is 0 Å². The molecule has 0 radical (unpaired) electrons. The highest BCUT2D eigenvalue weighted by molar-refractivity contribution is 5.80. The van der Waals surface area contributed by atoms with Gasteiger partial charge in [0.05, 0.1) is 16.7 Å². The minimum absolute atomic E-state index is 0.00155. The zero-order chi connectivity index (χ0) is 19.5. The molecule has 0 atom stereocenters. The van der Waals surface area contributed by atoms with Gasteiger partial charge in [0.25, 0.3) is 5.69 Å². The number of nitro groups is 1. The second kappa shape index (κ2) is 7.24. The summed E-state index contributed by atoms with van der Waals surface area (Å²) in [7, 11) is 0. The molecule has 7 heteroatoms. The van der Waals surface area contributed by atoms with Crippen LogP contribution in [0.5, 0.6) is 0 Å². The number of nitro benzene ring substituents is 1. The van der Waals surface area contributed by atoms with Crippen molar-refractivity contribution in [1.29, 1.82) is 0 Å². The Labute approximate surface area is 159 Å². The SMILES string of the molecule is O=c1c2ccccc2[nH+]c(-c2ccccc2)n1/N=C/c1ccc([N+](=O)[O-])cc1. The highest BCUT2D eigenvalue weighted by Crippen LogP contribution is 2.15. The number of aromatic nitrogens is 2. The van der Waals surface area contributed by atoms with Crippen molar-refractivity contribution in [2.45, 2.75) is 0 Å². The summed E-state index contributed by atoms with van der Waals surface area (Å²) < 4.78 is 1.30. The van der Waals surface area contributed by atoms with Crippen LogP contribution in [0.3, 0.4) is 0 Å². The van der Waals surface area contributed by atoms with Gasteiger partial charge in [-0.15, -0.1) is 0 Å². The summed E-state index contributed by atoms with van der Waals surface area (Å²) in [5, 5.41) is 15.7. The van der Waals surface area contributed by atoms with E-state index >= 15 is 0 Å². The molecule has 1 heterocycles. The Morgan fingerprint density at radius 1 is 0.929 bits per heavy atom. The van der Waals surface area contributed by atoms with Crippen LogP contribution in [0.15, 0.2) is 88.8 Å². The molecule has 0 spiro atoms. The van der Waals surface area contributed by atoms with Crippen LogP contribution in [0.4, 0.5) is 5.69 Å². The Balaban J connectivity index is 1.86. The first-order chi connectivity index (χ1) is 13.6. The molecule has 7 nitrogen and oxygen atoms in total. The van der Waals surface area contributed by atoms with Crippen molar-refractivity contribution in [2.75, 3.05) is 0 Å². The Bertz CT molecular complexity index is 1250. The van der Waals surface area contributed by atoms with Gasteiger partial charge in [-0.05, 0) is 42.0 Å². The van der Waals surface area contributed by atoms with Crippen LogP contribution < -0.4 is 10.5 Å². The molecule has 0 amide bonds. The molecule has 0 aliphatic heterocycles. The van der Waals surface area contributed by atoms with E-state index in [4.69, 9.17) is 0 Å². The van der Waals surface area contributed by atoms with Gasteiger partial charge >= 0.3 is 11.4 Å². The first kappa shape index (κ1) is 17.3. The maximum Gasteiger partial charge on any atom is 0.370 e. The van der Waals surface area contributed by atoms with E-state index in [0.29, 0.717) is 22.3 Å². The van der Waals surface area contributed by atoms with E-state index in [1.165, 1.54) is 23.0 Å². The second-order valence-corrected chi connectivity index (χ2v) is 6.10. The van der Waals surface area contributed by atoms with Crippen molar-refractivity contribution in [3.63, 3.8) is 0 Å². The van der Waals surface area contributed by atoms with Gasteiger partial charge in [-0.25, -0.2) is 9.78 Å². The van der Waals surface area contributed by atoms with Crippen LogP contribution in [0.2, 0.25) is 0 Å². The first-order valence-corrected chi connectivity index (χ1v) is 8.55. The lowest BCUT2D eigenvalue weighted by Gasteiger charge is -2.02. The molecule has 0 bridgehead atoms. The fraction of sp³-hybridized carbons (Fsp3) is 0. The molecule has 1 N–H and O–H groups in total. The van der Waals surface area contributed by atoms with Gasteiger partial charge < -0.3 is 0 Å². The van der Waals surface area contributed by atoms with Crippen LogP contribution >= 0.6 is 0 Å². The number of non-ortho nitro benzene ring substituents is 1. The van der Waals surface area contributed by atoms with Crippen molar-refractivity contribution < 1.29 is 9.91 Å². The lowest BCUT2D eigenvalue weighted by Crippen LogP contribution is -2.27. The standard InChI is InChI=1S/C21H14N4O3/c26-21-18-8-4-5-9-19(18)23-20(16-6-2-1-3-7-16)24(21)22-14-15-10-12-17(13-11-15)25(27)28/h1-14H/p+1/b22-14+. The van der Waals surface area contributed by atoms with Gasteiger partial charge in [-0.2, -0.15) is 0 Å². The van der Waals surface area contributed by atoms with Crippen molar-refractivity contribution in [3.8, 4) is 11.4 Å². The smallest absolute Gasteiger partial charge is 0.258 e. The Hall–Kier alpha value is -4.13. The monoisotopic (exact) mass is 371 g/mol. The van der Waals surface area contributed by atoms with Gasteiger partial charge in [-0.1, -0.05) is 40.1 Å². The quantitative estimate of drug-likeness (QED) is 0.313. The molecule has 3 aromatic carbocycles. The van der Waals surface area contributed by atoms with Crippen LogP contribution in [-0.4, -0.2) is 15.8 Å². The van der Waals surface area contributed by atoms with E-state index in [1.807, 2.05) is 42.5 Å². The van der Waals surface area contributed by atoms with Crippen LogP contribution in [0.1, 0.15) is 5.56 Å². The predicted octanol–water partition coefficient (Wildman–Crippen LogP) is 3.27. The number of benzene rings is 3. The zero-order valence-corrected chi connectivity index (χ0v) is 14.6. The summed E-state index contributed by atoms with van der Waals surface area (Å²) in [4.78, 5) is 26.6. The van der Waals surface area contributed by atoms with Gasteiger partial charge in [0.15, 0.2) is 0 Å². The van der Waals surface area contributed by atoms with E-state index in [9.17, 15) is 14.9 Å². The lowest BCUT2D eigenvalue weighted by atomic mass is 10.2. The van der Waals surface area contributed by atoms with Crippen molar-refractivity contribution in [3.05, 3.63) is 105 Å². The summed E-state index contributed by atoms with van der Waals surface area (Å²) >= 11 is 0. The highest BCUT2D eigenvalue weighted by atomic mass is 16.6. The molecular weight excluding hydrogens is 356 g/mol. The molecule has 0 fully saturated rings. The first-order valence-electron chi connectivity index (χ1n) is 8.55. The molecule has 0 saturated heterocycles. The fourth-order valence-electron chi connectivity index (χ4n) is 2.88. The van der Waals surface area contributed by atoms with Gasteiger partial charge in [0, 0.05) is 12.1 Å². The molecule has 4 rings (SSSR count). The maximum absolute atomic E-state index is 13.0. The number of aromatic amines is 1. The minimum atomic E-state index is -0.461. The highest BCUT2D eigenvalue weighted by Gasteiger charge is 2.19. The maximum atomic E-state index is 13.0. The molecule has 136 valence electrons. The largest absolute Gasteiger partial charge is 0.370 e. The second-order valence-electron chi connectivity index (χ2n) is 6.10. The third-order valence-electron chi connectivity index (χ3n) is 4.29. The number of para-hydroxylation sites is 1. The number of nitrogens with zero attached hydrogens (tertiary/aromatic N) is 3. The molecule has 1 aromatic heterocycles. The predicted molar refractivity (Wildman–Crippen MR) is 106 cm³/mol. The molecule has 0 aliphatic rings. The zero-order valence-electron chi connectivity index (χ0n) is 14.6. The summed E-state index contributed by atoms with van der Waals surface area (Å²) in [5.41, 5.74) is 1.91. The van der Waals surface area contributed by atoms with Crippen molar-refractivity contribution >= 4 is 22.8 Å². The number of fused-ring (bicyclic) bond motifs is 1. The molecular formula is C21H15N4O3+. The summed E-state index contributed by atoms with van der Waals surface area (Å²) in [6, 6.07) is 22.6. The molecule has 28 heavy (non-hydrogen) atoms. The number of hydrogen-bond acceptors (Lipinski definition) is 4. The van der Waals surface area contributed by atoms with E-state index in [-0.39, 0.29) is 11.2 Å². The average Bonchev–Trinajstić information content (AvgIpc) is 2.74. The van der Waals surface area contributed by atoms with Crippen molar-refractivity contribution in [1.82, 2.24) is 4.68 Å². The topological polar surface area (TPSA) is 91.6 Å². The summed E-state index contributed by atoms with van der Waals surface area (Å²) in [6.07, 6.45) is 1.50. The van der Waals surface area contributed by atoms with E-state index < -0.39 is 4.92 Å². The number of H-pyrrole nitrogens is 1. The molecule has 0 aliphatic carbocycles. The fourth-order valence-corrected chi connectivity index (χ4v) is 2.88. The Kier molecular flexibility index (Phi) is 4.47. The third-order valence-corrected chi connectivity index (χ3v) is 4.29. The van der Waals surface area contributed by atoms with E-state index in [0.717, 1.165) is 5.56 Å². The summed E-state index contributed by atoms with van der Waals surface area (Å²) in [6.45, 7) is 0. The summed E-state index contributed by atoms with van der Waals surface area (Å²) in [5.74, 6) is 0.544. The Morgan fingerprint density at radius 2 is 1.61 bits per heavy atom. The number of rotatable bonds is 4. The minimum Gasteiger partial charge on any atom is -0.258 e. The van der Waals surface area contributed by atoms with E-state index in [1.54, 1.807) is 24.3 Å². The third kappa shape index (κ3) is 3.28. The van der Waals surface area contributed by atoms with Crippen LogP contribution in [0.25, 0.3) is 22.3 Å². The molecule has 0 unspecified atom stereocenters. The average molecular weight is 371 g/mol. The Morgan fingerprint density at radius 3 is 2.32 bits per heavy atom. The number of hydrogen-bond donors (Lipinski definition) is 0. The van der Waals surface area contributed by atoms with E-state index in [2.05, 4.69) is 10.1 Å². The number of nitrogens with one attached hydrogen (secondary N) is 1. The van der Waals surface area contributed by atoms with Crippen LogP contribution in [0, 0.1) is 10.1 Å². The lowest BCUT2D eigenvalue weighted by molar-refractivity contribution is -0.384.